The number of rotatable bonds is 6. The Labute approximate surface area is 114 Å². The van der Waals surface area contributed by atoms with Gasteiger partial charge >= 0.3 is 0 Å². The van der Waals surface area contributed by atoms with Gasteiger partial charge in [0.1, 0.15) is 0 Å². The molecule has 1 aliphatic carbocycles. The molecule has 1 saturated carbocycles. The van der Waals surface area contributed by atoms with E-state index in [1.54, 1.807) is 0 Å². The van der Waals surface area contributed by atoms with E-state index in [2.05, 4.69) is 10.6 Å². The monoisotopic (exact) mass is 262 g/mol. The first kappa shape index (κ1) is 13.9. The molecule has 4 heteroatoms. The van der Waals surface area contributed by atoms with E-state index < -0.39 is 0 Å². The van der Waals surface area contributed by atoms with E-state index in [9.17, 15) is 9.90 Å². The summed E-state index contributed by atoms with van der Waals surface area (Å²) in [6, 6.07) is 9.69. The van der Waals surface area contributed by atoms with Gasteiger partial charge in [-0.25, -0.2) is 0 Å². The average molecular weight is 262 g/mol. The first-order chi connectivity index (χ1) is 9.29. The third-order valence-electron chi connectivity index (χ3n) is 3.84. The third-order valence-corrected chi connectivity index (χ3v) is 3.84. The number of anilines is 1. The quantitative estimate of drug-likeness (QED) is 0.730. The number of hydrogen-bond donors (Lipinski definition) is 3. The van der Waals surface area contributed by atoms with Crippen LogP contribution in [-0.4, -0.2) is 30.7 Å². The van der Waals surface area contributed by atoms with Crippen LogP contribution in [0.25, 0.3) is 0 Å². The van der Waals surface area contributed by atoms with Gasteiger partial charge in [-0.3, -0.25) is 4.79 Å². The van der Waals surface area contributed by atoms with Crippen molar-refractivity contribution < 1.29 is 9.90 Å². The number of hydrogen-bond acceptors (Lipinski definition) is 3. The predicted molar refractivity (Wildman–Crippen MR) is 75.9 cm³/mol. The zero-order valence-corrected chi connectivity index (χ0v) is 11.1. The van der Waals surface area contributed by atoms with Crippen molar-refractivity contribution in [1.82, 2.24) is 5.32 Å². The van der Waals surface area contributed by atoms with E-state index in [1.165, 1.54) is 0 Å². The van der Waals surface area contributed by atoms with Gasteiger partial charge in [0.15, 0.2) is 0 Å². The molecule has 104 valence electrons. The summed E-state index contributed by atoms with van der Waals surface area (Å²) in [5.41, 5.74) is 0.951. The Kier molecular flexibility index (Phi) is 5.21. The lowest BCUT2D eigenvalue weighted by Gasteiger charge is -2.18. The number of carbonyl (C=O) groups excluding carboxylic acids is 1. The molecular weight excluding hydrogens is 240 g/mol. The van der Waals surface area contributed by atoms with Gasteiger partial charge in [0, 0.05) is 18.8 Å². The maximum Gasteiger partial charge on any atom is 0.239 e. The smallest absolute Gasteiger partial charge is 0.239 e. The highest BCUT2D eigenvalue weighted by molar-refractivity contribution is 5.80. The van der Waals surface area contributed by atoms with Gasteiger partial charge in [-0.05, 0) is 36.8 Å². The molecule has 0 aromatic heterocycles. The number of benzene rings is 1. The molecule has 2 rings (SSSR count). The minimum absolute atomic E-state index is 0.00689. The van der Waals surface area contributed by atoms with Crippen LogP contribution in [0.3, 0.4) is 0 Å². The van der Waals surface area contributed by atoms with E-state index >= 15 is 0 Å². The van der Waals surface area contributed by atoms with Crippen molar-refractivity contribution in [3.05, 3.63) is 30.3 Å². The van der Waals surface area contributed by atoms with E-state index in [1.807, 2.05) is 30.3 Å². The van der Waals surface area contributed by atoms with Crippen molar-refractivity contribution >= 4 is 11.6 Å². The fourth-order valence-electron chi connectivity index (χ4n) is 2.67. The summed E-state index contributed by atoms with van der Waals surface area (Å²) >= 11 is 0. The van der Waals surface area contributed by atoms with Gasteiger partial charge in [-0.15, -0.1) is 0 Å². The summed E-state index contributed by atoms with van der Waals surface area (Å²) < 4.78 is 0. The lowest BCUT2D eigenvalue weighted by molar-refractivity contribution is -0.119. The summed E-state index contributed by atoms with van der Waals surface area (Å²) in [5.74, 6) is 0.806. The molecule has 1 aromatic carbocycles. The third kappa shape index (κ3) is 4.24. The van der Waals surface area contributed by atoms with Crippen molar-refractivity contribution in [3.63, 3.8) is 0 Å². The van der Waals surface area contributed by atoms with Crippen molar-refractivity contribution in [3.8, 4) is 0 Å². The Bertz CT molecular complexity index is 394. The molecule has 19 heavy (non-hydrogen) atoms. The lowest BCUT2D eigenvalue weighted by Crippen LogP contribution is -2.35. The van der Waals surface area contributed by atoms with Crippen LogP contribution in [0.2, 0.25) is 0 Å². The number of nitrogens with one attached hydrogen (secondary N) is 2. The Hall–Kier alpha value is -1.55. The number of aliphatic hydroxyl groups excluding tert-OH is 1. The summed E-state index contributed by atoms with van der Waals surface area (Å²) in [4.78, 5) is 11.7. The van der Waals surface area contributed by atoms with Gasteiger partial charge in [0.25, 0.3) is 0 Å². The minimum atomic E-state index is 0.00689. The SMILES string of the molecule is O=C(CNc1ccccc1)NCC1CCCC1CO. The number of amides is 1. The van der Waals surface area contributed by atoms with Crippen molar-refractivity contribution in [2.75, 3.05) is 25.0 Å². The van der Waals surface area contributed by atoms with Gasteiger partial charge in [-0.1, -0.05) is 24.6 Å². The Morgan fingerprint density at radius 3 is 2.68 bits per heavy atom. The molecule has 2 unspecified atom stereocenters. The highest BCUT2D eigenvalue weighted by atomic mass is 16.3. The summed E-state index contributed by atoms with van der Waals surface area (Å²) in [7, 11) is 0. The van der Waals surface area contributed by atoms with Gasteiger partial charge in [0.05, 0.1) is 6.54 Å². The number of aliphatic hydroxyl groups is 1. The lowest BCUT2D eigenvalue weighted by atomic mass is 9.97. The number of carbonyl (C=O) groups is 1. The van der Waals surface area contributed by atoms with Crippen molar-refractivity contribution in [2.45, 2.75) is 19.3 Å². The van der Waals surface area contributed by atoms with Crippen molar-refractivity contribution in [1.29, 1.82) is 0 Å². The van der Waals surface area contributed by atoms with Crippen LogP contribution in [0.1, 0.15) is 19.3 Å². The Balaban J connectivity index is 1.67. The topological polar surface area (TPSA) is 61.4 Å². The zero-order valence-electron chi connectivity index (χ0n) is 11.1. The second kappa shape index (κ2) is 7.14. The summed E-state index contributed by atoms with van der Waals surface area (Å²) in [6.45, 7) is 1.21. The highest BCUT2D eigenvalue weighted by Crippen LogP contribution is 2.30. The molecule has 0 heterocycles. The van der Waals surface area contributed by atoms with Gasteiger partial charge in [-0.2, -0.15) is 0 Å². The summed E-state index contributed by atoms with van der Waals surface area (Å²) in [6.07, 6.45) is 3.35. The molecule has 0 saturated heterocycles. The normalized spacial score (nSPS) is 22.2. The zero-order chi connectivity index (χ0) is 13.5. The largest absolute Gasteiger partial charge is 0.396 e. The summed E-state index contributed by atoms with van der Waals surface area (Å²) in [5, 5.41) is 15.3. The van der Waals surface area contributed by atoms with Crippen LogP contribution in [0.4, 0.5) is 5.69 Å². The Morgan fingerprint density at radius 1 is 1.21 bits per heavy atom. The minimum Gasteiger partial charge on any atom is -0.396 e. The molecule has 1 amide bonds. The van der Waals surface area contributed by atoms with Gasteiger partial charge < -0.3 is 15.7 Å². The van der Waals surface area contributed by atoms with Crippen LogP contribution in [0, 0.1) is 11.8 Å². The van der Waals surface area contributed by atoms with Crippen LogP contribution in [0.5, 0.6) is 0 Å². The molecule has 1 aliphatic rings. The predicted octanol–water partition coefficient (Wildman–Crippen LogP) is 1.62. The molecule has 0 bridgehead atoms. The molecule has 0 aliphatic heterocycles. The van der Waals surface area contributed by atoms with Crippen LogP contribution in [0.15, 0.2) is 30.3 Å². The number of para-hydroxylation sites is 1. The average Bonchev–Trinajstić information content (AvgIpc) is 2.91. The molecule has 0 radical (unpaired) electrons. The second-order valence-electron chi connectivity index (χ2n) is 5.16. The van der Waals surface area contributed by atoms with E-state index in [0.29, 0.717) is 24.9 Å². The highest BCUT2D eigenvalue weighted by Gasteiger charge is 2.26. The first-order valence-corrected chi connectivity index (χ1v) is 6.96. The standard InChI is InChI=1S/C15H22N2O2/c18-11-13-6-4-5-12(13)9-17-15(19)10-16-14-7-2-1-3-8-14/h1-3,7-8,12-13,16,18H,4-6,9-11H2,(H,17,19). The second-order valence-corrected chi connectivity index (χ2v) is 5.16. The maximum absolute atomic E-state index is 11.7. The van der Waals surface area contributed by atoms with Crippen LogP contribution < -0.4 is 10.6 Å². The fraction of sp³-hybridized carbons (Fsp3) is 0.533. The van der Waals surface area contributed by atoms with Crippen LogP contribution in [-0.2, 0) is 4.79 Å². The molecule has 3 N–H and O–H groups in total. The van der Waals surface area contributed by atoms with E-state index in [0.717, 1.165) is 24.9 Å². The molecular formula is C15H22N2O2. The van der Waals surface area contributed by atoms with Gasteiger partial charge in [0.2, 0.25) is 5.91 Å². The Morgan fingerprint density at radius 2 is 1.95 bits per heavy atom. The van der Waals surface area contributed by atoms with Crippen molar-refractivity contribution in [2.24, 2.45) is 11.8 Å². The molecule has 1 fully saturated rings. The maximum atomic E-state index is 11.7. The fourth-order valence-corrected chi connectivity index (χ4v) is 2.67. The molecule has 1 aromatic rings. The van der Waals surface area contributed by atoms with E-state index in [4.69, 9.17) is 0 Å². The van der Waals surface area contributed by atoms with Crippen LogP contribution >= 0.6 is 0 Å². The first-order valence-electron chi connectivity index (χ1n) is 6.96. The molecule has 0 spiro atoms. The van der Waals surface area contributed by atoms with E-state index in [-0.39, 0.29) is 12.5 Å². The molecule has 2 atom stereocenters. The molecule has 4 nitrogen and oxygen atoms in total.